The SMILES string of the molecule is O=C(Cc1ccccc1Br)C1CC12CCNCC2. The molecular weight excluding hydrogens is 290 g/mol. The van der Waals surface area contributed by atoms with Gasteiger partial charge >= 0.3 is 0 Å². The smallest absolute Gasteiger partial charge is 0.140 e. The predicted octanol–water partition coefficient (Wildman–Crippen LogP) is 2.95. The predicted molar refractivity (Wildman–Crippen MR) is 75.5 cm³/mol. The number of rotatable bonds is 3. The fourth-order valence-corrected chi connectivity index (χ4v) is 3.66. The number of piperidine rings is 1. The summed E-state index contributed by atoms with van der Waals surface area (Å²) >= 11 is 3.52. The number of nitrogens with one attached hydrogen (secondary N) is 1. The van der Waals surface area contributed by atoms with Gasteiger partial charge in [0.1, 0.15) is 5.78 Å². The van der Waals surface area contributed by atoms with Crippen molar-refractivity contribution in [2.75, 3.05) is 13.1 Å². The molecular formula is C15H18BrNO. The van der Waals surface area contributed by atoms with E-state index in [9.17, 15) is 4.79 Å². The van der Waals surface area contributed by atoms with E-state index in [0.717, 1.165) is 29.5 Å². The Balaban J connectivity index is 1.65. The molecule has 0 bridgehead atoms. The minimum absolute atomic E-state index is 0.326. The van der Waals surface area contributed by atoms with E-state index in [1.807, 2.05) is 24.3 Å². The Kier molecular flexibility index (Phi) is 3.29. The van der Waals surface area contributed by atoms with Crippen LogP contribution in [0.15, 0.2) is 28.7 Å². The van der Waals surface area contributed by atoms with Crippen LogP contribution in [0, 0.1) is 11.3 Å². The maximum absolute atomic E-state index is 12.4. The van der Waals surface area contributed by atoms with Crippen molar-refractivity contribution >= 4 is 21.7 Å². The minimum Gasteiger partial charge on any atom is -0.317 e. The Morgan fingerprint density at radius 1 is 1.33 bits per heavy atom. The van der Waals surface area contributed by atoms with Crippen molar-refractivity contribution in [1.82, 2.24) is 5.32 Å². The van der Waals surface area contributed by atoms with Crippen molar-refractivity contribution in [2.24, 2.45) is 11.3 Å². The third-order valence-corrected chi connectivity index (χ3v) is 5.27. The fourth-order valence-electron chi connectivity index (χ4n) is 3.23. The highest BCUT2D eigenvalue weighted by atomic mass is 79.9. The van der Waals surface area contributed by atoms with Crippen molar-refractivity contribution < 1.29 is 4.79 Å². The second-order valence-corrected chi connectivity index (χ2v) is 6.46. The lowest BCUT2D eigenvalue weighted by Gasteiger charge is -2.23. The first-order valence-electron chi connectivity index (χ1n) is 6.68. The van der Waals surface area contributed by atoms with Crippen LogP contribution in [0.4, 0.5) is 0 Å². The largest absolute Gasteiger partial charge is 0.317 e. The summed E-state index contributed by atoms with van der Waals surface area (Å²) in [6, 6.07) is 8.04. The Morgan fingerprint density at radius 3 is 2.78 bits per heavy atom. The molecule has 0 radical (unpaired) electrons. The molecule has 1 aliphatic carbocycles. The van der Waals surface area contributed by atoms with Crippen LogP contribution >= 0.6 is 15.9 Å². The highest BCUT2D eigenvalue weighted by Gasteiger charge is 2.56. The number of hydrogen-bond acceptors (Lipinski definition) is 2. The van der Waals surface area contributed by atoms with Crippen molar-refractivity contribution in [1.29, 1.82) is 0 Å². The Labute approximate surface area is 116 Å². The van der Waals surface area contributed by atoms with Gasteiger partial charge in [0.05, 0.1) is 0 Å². The van der Waals surface area contributed by atoms with Gasteiger partial charge in [-0.2, -0.15) is 0 Å². The van der Waals surface area contributed by atoms with E-state index in [0.29, 0.717) is 23.5 Å². The van der Waals surface area contributed by atoms with Gasteiger partial charge in [-0.1, -0.05) is 34.1 Å². The zero-order valence-corrected chi connectivity index (χ0v) is 12.0. The van der Waals surface area contributed by atoms with Crippen molar-refractivity contribution in [3.63, 3.8) is 0 Å². The van der Waals surface area contributed by atoms with Crippen LogP contribution < -0.4 is 5.32 Å². The van der Waals surface area contributed by atoms with E-state index in [1.165, 1.54) is 12.8 Å². The maximum Gasteiger partial charge on any atom is 0.140 e. The van der Waals surface area contributed by atoms with Crippen molar-refractivity contribution in [3.05, 3.63) is 34.3 Å². The fraction of sp³-hybridized carbons (Fsp3) is 0.533. The monoisotopic (exact) mass is 307 g/mol. The molecule has 1 saturated heterocycles. The van der Waals surface area contributed by atoms with Crippen molar-refractivity contribution in [3.8, 4) is 0 Å². The molecule has 1 spiro atoms. The molecule has 3 heteroatoms. The van der Waals surface area contributed by atoms with Crippen LogP contribution in [0.3, 0.4) is 0 Å². The lowest BCUT2D eigenvalue weighted by atomic mass is 9.89. The molecule has 1 saturated carbocycles. The van der Waals surface area contributed by atoms with E-state index in [-0.39, 0.29) is 0 Å². The maximum atomic E-state index is 12.4. The molecule has 3 rings (SSSR count). The van der Waals surface area contributed by atoms with Gasteiger partial charge in [-0.25, -0.2) is 0 Å². The molecule has 1 aromatic carbocycles. The van der Waals surface area contributed by atoms with Crippen LogP contribution in [-0.2, 0) is 11.2 Å². The number of carbonyl (C=O) groups is 1. The second kappa shape index (κ2) is 4.78. The summed E-state index contributed by atoms with van der Waals surface area (Å²) in [6.45, 7) is 2.16. The number of ketones is 1. The summed E-state index contributed by atoms with van der Waals surface area (Å²) in [5.41, 5.74) is 1.49. The molecule has 0 aromatic heterocycles. The van der Waals surface area contributed by atoms with Gasteiger partial charge in [-0.15, -0.1) is 0 Å². The quantitative estimate of drug-likeness (QED) is 0.930. The molecule has 0 amide bonds. The first kappa shape index (κ1) is 12.4. The lowest BCUT2D eigenvalue weighted by Crippen LogP contribution is -2.31. The van der Waals surface area contributed by atoms with Crippen LogP contribution in [0.5, 0.6) is 0 Å². The van der Waals surface area contributed by atoms with Gasteiger partial charge in [-0.3, -0.25) is 4.79 Å². The Morgan fingerprint density at radius 2 is 2.06 bits per heavy atom. The van der Waals surface area contributed by atoms with Gasteiger partial charge in [0.25, 0.3) is 0 Å². The minimum atomic E-state index is 0.326. The molecule has 96 valence electrons. The average Bonchev–Trinajstić information content (AvgIpc) is 3.07. The van der Waals surface area contributed by atoms with Gasteiger partial charge in [0, 0.05) is 16.8 Å². The molecule has 1 aromatic rings. The first-order chi connectivity index (χ1) is 8.71. The number of halogens is 1. The molecule has 2 aliphatic rings. The molecule has 1 aliphatic heterocycles. The molecule has 2 fully saturated rings. The van der Waals surface area contributed by atoms with E-state index in [1.54, 1.807) is 0 Å². The van der Waals surface area contributed by atoms with Crippen molar-refractivity contribution in [2.45, 2.75) is 25.7 Å². The summed E-state index contributed by atoms with van der Waals surface area (Å²) in [5, 5.41) is 3.38. The summed E-state index contributed by atoms with van der Waals surface area (Å²) in [4.78, 5) is 12.4. The summed E-state index contributed by atoms with van der Waals surface area (Å²) in [7, 11) is 0. The standard InChI is InChI=1S/C15H18BrNO/c16-13-4-2-1-3-11(13)9-14(18)12-10-15(12)5-7-17-8-6-15/h1-4,12,17H,5-10H2. The van der Waals surface area contributed by atoms with Crippen LogP contribution in [-0.4, -0.2) is 18.9 Å². The Bertz CT molecular complexity index is 465. The molecule has 2 nitrogen and oxygen atoms in total. The zero-order chi connectivity index (χ0) is 12.6. The van der Waals surface area contributed by atoms with E-state index in [4.69, 9.17) is 0 Å². The highest BCUT2D eigenvalue weighted by molar-refractivity contribution is 9.10. The zero-order valence-electron chi connectivity index (χ0n) is 10.4. The van der Waals surface area contributed by atoms with Crippen LogP contribution in [0.25, 0.3) is 0 Å². The average molecular weight is 308 g/mol. The molecule has 1 N–H and O–H groups in total. The first-order valence-corrected chi connectivity index (χ1v) is 7.47. The number of carbonyl (C=O) groups excluding carboxylic acids is 1. The van der Waals surface area contributed by atoms with E-state index in [2.05, 4.69) is 21.2 Å². The van der Waals surface area contributed by atoms with Gasteiger partial charge in [0.15, 0.2) is 0 Å². The number of hydrogen-bond donors (Lipinski definition) is 1. The normalized spacial score (nSPS) is 25.1. The van der Waals surface area contributed by atoms with Crippen LogP contribution in [0.1, 0.15) is 24.8 Å². The number of Topliss-reactive ketones (excluding diaryl/α,β-unsaturated/α-hetero) is 1. The molecule has 1 atom stereocenters. The molecule has 1 unspecified atom stereocenters. The molecule has 1 heterocycles. The Hall–Kier alpha value is -0.670. The van der Waals surface area contributed by atoms with E-state index >= 15 is 0 Å². The van der Waals surface area contributed by atoms with Gasteiger partial charge in [-0.05, 0) is 49.4 Å². The topological polar surface area (TPSA) is 29.1 Å². The third-order valence-electron chi connectivity index (χ3n) is 4.50. The second-order valence-electron chi connectivity index (χ2n) is 5.60. The lowest BCUT2D eigenvalue weighted by molar-refractivity contribution is -0.120. The van der Waals surface area contributed by atoms with E-state index < -0.39 is 0 Å². The summed E-state index contributed by atoms with van der Waals surface area (Å²) < 4.78 is 1.05. The van der Waals surface area contributed by atoms with Gasteiger partial charge < -0.3 is 5.32 Å². The summed E-state index contributed by atoms with van der Waals surface area (Å²) in [5.74, 6) is 0.760. The van der Waals surface area contributed by atoms with Crippen LogP contribution in [0.2, 0.25) is 0 Å². The third kappa shape index (κ3) is 2.26. The highest BCUT2D eigenvalue weighted by Crippen LogP contribution is 2.59. The molecule has 18 heavy (non-hydrogen) atoms. The number of benzene rings is 1. The summed E-state index contributed by atoms with van der Waals surface area (Å²) in [6.07, 6.45) is 4.07. The van der Waals surface area contributed by atoms with Gasteiger partial charge in [0.2, 0.25) is 0 Å².